The third kappa shape index (κ3) is 2.26. The highest BCUT2D eigenvalue weighted by molar-refractivity contribution is 7.10. The SMILES string of the molecule is C[C@H](NC1=NCCCN1)c1cccs1. The fourth-order valence-electron chi connectivity index (χ4n) is 1.44. The first-order chi connectivity index (χ1) is 6.86. The number of aliphatic imine (C=N–C) groups is 1. The third-order valence-electron chi connectivity index (χ3n) is 2.22. The predicted molar refractivity (Wildman–Crippen MR) is 60.8 cm³/mol. The zero-order valence-electron chi connectivity index (χ0n) is 8.29. The molecule has 0 saturated carbocycles. The average Bonchev–Trinajstić information content (AvgIpc) is 2.72. The summed E-state index contributed by atoms with van der Waals surface area (Å²) < 4.78 is 0. The highest BCUT2D eigenvalue weighted by Gasteiger charge is 2.09. The summed E-state index contributed by atoms with van der Waals surface area (Å²) >= 11 is 1.77. The van der Waals surface area contributed by atoms with Gasteiger partial charge in [-0.05, 0) is 24.8 Å². The molecule has 1 atom stereocenters. The fraction of sp³-hybridized carbons (Fsp3) is 0.500. The summed E-state index contributed by atoms with van der Waals surface area (Å²) in [4.78, 5) is 5.73. The molecule has 14 heavy (non-hydrogen) atoms. The second kappa shape index (κ2) is 4.46. The van der Waals surface area contributed by atoms with Gasteiger partial charge in [-0.3, -0.25) is 4.99 Å². The number of hydrogen-bond donors (Lipinski definition) is 2. The van der Waals surface area contributed by atoms with Crippen molar-refractivity contribution in [2.75, 3.05) is 13.1 Å². The van der Waals surface area contributed by atoms with Gasteiger partial charge >= 0.3 is 0 Å². The van der Waals surface area contributed by atoms with E-state index in [2.05, 4.69) is 40.1 Å². The monoisotopic (exact) mass is 209 g/mol. The number of nitrogens with one attached hydrogen (secondary N) is 2. The molecule has 0 aliphatic carbocycles. The van der Waals surface area contributed by atoms with Crippen molar-refractivity contribution in [1.29, 1.82) is 0 Å². The Bertz CT molecular complexity index is 305. The summed E-state index contributed by atoms with van der Waals surface area (Å²) in [6, 6.07) is 4.57. The van der Waals surface area contributed by atoms with Crippen LogP contribution in [-0.2, 0) is 0 Å². The van der Waals surface area contributed by atoms with Crippen LogP contribution in [0.5, 0.6) is 0 Å². The van der Waals surface area contributed by atoms with Gasteiger partial charge in [-0.25, -0.2) is 0 Å². The van der Waals surface area contributed by atoms with E-state index in [-0.39, 0.29) is 0 Å². The van der Waals surface area contributed by atoms with Crippen LogP contribution in [0.15, 0.2) is 22.5 Å². The van der Waals surface area contributed by atoms with Crippen molar-refractivity contribution in [2.24, 2.45) is 4.99 Å². The summed E-state index contributed by atoms with van der Waals surface area (Å²) in [6.07, 6.45) is 1.14. The van der Waals surface area contributed by atoms with Crippen molar-refractivity contribution < 1.29 is 0 Å². The van der Waals surface area contributed by atoms with Crippen LogP contribution in [-0.4, -0.2) is 19.0 Å². The standard InChI is InChI=1S/C10H15N3S/c1-8(9-4-2-7-14-9)13-10-11-5-3-6-12-10/h2,4,7-8H,3,5-6H2,1H3,(H2,11,12,13)/t8-/m0/s1. The molecule has 3 nitrogen and oxygen atoms in total. The minimum Gasteiger partial charge on any atom is -0.356 e. The molecule has 0 bridgehead atoms. The van der Waals surface area contributed by atoms with Gasteiger partial charge in [-0.15, -0.1) is 11.3 Å². The minimum absolute atomic E-state index is 0.347. The first-order valence-corrected chi connectivity index (χ1v) is 5.82. The maximum absolute atomic E-state index is 4.38. The van der Waals surface area contributed by atoms with Crippen molar-refractivity contribution in [1.82, 2.24) is 10.6 Å². The Kier molecular flexibility index (Phi) is 3.03. The molecule has 2 rings (SSSR count). The lowest BCUT2D eigenvalue weighted by Gasteiger charge is -2.19. The summed E-state index contributed by atoms with van der Waals surface area (Å²) in [5.41, 5.74) is 0. The molecule has 4 heteroatoms. The third-order valence-corrected chi connectivity index (χ3v) is 3.28. The van der Waals surface area contributed by atoms with Gasteiger partial charge in [0.15, 0.2) is 5.96 Å². The Labute approximate surface area is 88.3 Å². The molecule has 0 spiro atoms. The highest BCUT2D eigenvalue weighted by Crippen LogP contribution is 2.17. The Morgan fingerprint density at radius 2 is 2.57 bits per heavy atom. The summed E-state index contributed by atoms with van der Waals surface area (Å²) in [5, 5.41) is 8.73. The fourth-order valence-corrected chi connectivity index (χ4v) is 2.18. The topological polar surface area (TPSA) is 36.4 Å². The zero-order chi connectivity index (χ0) is 9.80. The summed E-state index contributed by atoms with van der Waals surface area (Å²) in [6.45, 7) is 4.13. The maximum Gasteiger partial charge on any atom is 0.191 e. The first kappa shape index (κ1) is 9.52. The van der Waals surface area contributed by atoms with Crippen molar-refractivity contribution in [3.8, 4) is 0 Å². The smallest absolute Gasteiger partial charge is 0.191 e. The van der Waals surface area contributed by atoms with Gasteiger partial charge in [0.05, 0.1) is 6.04 Å². The van der Waals surface area contributed by atoms with E-state index >= 15 is 0 Å². The van der Waals surface area contributed by atoms with E-state index < -0.39 is 0 Å². The van der Waals surface area contributed by atoms with E-state index in [0.717, 1.165) is 25.5 Å². The normalized spacial score (nSPS) is 18.2. The Morgan fingerprint density at radius 3 is 3.21 bits per heavy atom. The van der Waals surface area contributed by atoms with Crippen molar-refractivity contribution in [2.45, 2.75) is 19.4 Å². The molecule has 0 saturated heterocycles. The quantitative estimate of drug-likeness (QED) is 0.778. The van der Waals surface area contributed by atoms with E-state index in [0.29, 0.717) is 6.04 Å². The molecule has 0 unspecified atom stereocenters. The van der Waals surface area contributed by atoms with Crippen LogP contribution in [0, 0.1) is 0 Å². The molecule has 1 aromatic heterocycles. The lowest BCUT2D eigenvalue weighted by atomic mass is 10.3. The predicted octanol–water partition coefficient (Wildman–Crippen LogP) is 1.75. The molecule has 0 aromatic carbocycles. The van der Waals surface area contributed by atoms with Gasteiger partial charge in [-0.1, -0.05) is 6.07 Å². The van der Waals surface area contributed by atoms with Crippen LogP contribution in [0.1, 0.15) is 24.3 Å². The molecule has 0 radical (unpaired) electrons. The van der Waals surface area contributed by atoms with E-state index in [4.69, 9.17) is 0 Å². The van der Waals surface area contributed by atoms with Crippen molar-refractivity contribution in [3.05, 3.63) is 22.4 Å². The van der Waals surface area contributed by atoms with Gasteiger partial charge in [0.1, 0.15) is 0 Å². The Morgan fingerprint density at radius 1 is 1.64 bits per heavy atom. The van der Waals surface area contributed by atoms with Crippen LogP contribution in [0.4, 0.5) is 0 Å². The van der Waals surface area contributed by atoms with Gasteiger partial charge in [0, 0.05) is 18.0 Å². The van der Waals surface area contributed by atoms with E-state index in [9.17, 15) is 0 Å². The number of rotatable bonds is 2. The number of nitrogens with zero attached hydrogens (tertiary/aromatic N) is 1. The van der Waals surface area contributed by atoms with E-state index in [1.807, 2.05) is 0 Å². The van der Waals surface area contributed by atoms with Gasteiger partial charge < -0.3 is 10.6 Å². The van der Waals surface area contributed by atoms with E-state index in [1.54, 1.807) is 11.3 Å². The maximum atomic E-state index is 4.38. The van der Waals surface area contributed by atoms with Gasteiger partial charge in [0.25, 0.3) is 0 Å². The van der Waals surface area contributed by atoms with Gasteiger partial charge in [0.2, 0.25) is 0 Å². The van der Waals surface area contributed by atoms with Crippen molar-refractivity contribution in [3.63, 3.8) is 0 Å². The van der Waals surface area contributed by atoms with Crippen LogP contribution in [0.2, 0.25) is 0 Å². The highest BCUT2D eigenvalue weighted by atomic mass is 32.1. The molecular formula is C10H15N3S. The van der Waals surface area contributed by atoms with Crippen LogP contribution in [0.3, 0.4) is 0 Å². The molecule has 1 aliphatic rings. The Balaban J connectivity index is 1.94. The minimum atomic E-state index is 0.347. The molecule has 1 aliphatic heterocycles. The van der Waals surface area contributed by atoms with Crippen LogP contribution < -0.4 is 10.6 Å². The number of thiophene rings is 1. The lowest BCUT2D eigenvalue weighted by molar-refractivity contribution is 0.655. The van der Waals surface area contributed by atoms with Gasteiger partial charge in [-0.2, -0.15) is 0 Å². The lowest BCUT2D eigenvalue weighted by Crippen LogP contribution is -2.41. The largest absolute Gasteiger partial charge is 0.356 e. The number of guanidine groups is 1. The molecule has 2 heterocycles. The second-order valence-electron chi connectivity index (χ2n) is 3.39. The van der Waals surface area contributed by atoms with Crippen molar-refractivity contribution >= 4 is 17.3 Å². The number of hydrogen-bond acceptors (Lipinski definition) is 4. The van der Waals surface area contributed by atoms with E-state index in [1.165, 1.54) is 4.88 Å². The zero-order valence-corrected chi connectivity index (χ0v) is 9.10. The molecule has 0 fully saturated rings. The molecule has 2 N–H and O–H groups in total. The summed E-state index contributed by atoms with van der Waals surface area (Å²) in [5.74, 6) is 0.942. The Hall–Kier alpha value is -1.03. The van der Waals surface area contributed by atoms with Crippen LogP contribution in [0.25, 0.3) is 0 Å². The second-order valence-corrected chi connectivity index (χ2v) is 4.37. The molecule has 0 amide bonds. The van der Waals surface area contributed by atoms with Crippen LogP contribution >= 0.6 is 11.3 Å². The molecule has 76 valence electrons. The molecular weight excluding hydrogens is 194 g/mol. The molecule has 1 aromatic rings. The first-order valence-electron chi connectivity index (χ1n) is 4.94. The summed E-state index contributed by atoms with van der Waals surface area (Å²) in [7, 11) is 0. The average molecular weight is 209 g/mol.